The summed E-state index contributed by atoms with van der Waals surface area (Å²) in [4.78, 5) is 22.0. The second-order valence-corrected chi connectivity index (χ2v) is 7.80. The molecule has 0 aliphatic heterocycles. The third kappa shape index (κ3) is 3.69. The molecule has 3 aromatic heterocycles. The first-order valence-electron chi connectivity index (χ1n) is 9.53. The van der Waals surface area contributed by atoms with Gasteiger partial charge in [0.1, 0.15) is 11.5 Å². The van der Waals surface area contributed by atoms with E-state index in [1.54, 1.807) is 24.4 Å². The largest absolute Gasteiger partial charge is 0.338 e. The third-order valence-electron chi connectivity index (χ3n) is 4.88. The molecule has 6 nitrogen and oxygen atoms in total. The van der Waals surface area contributed by atoms with E-state index in [-0.39, 0.29) is 5.69 Å². The summed E-state index contributed by atoms with van der Waals surface area (Å²) in [5.41, 5.74) is 3.86. The number of hydrogen-bond acceptors (Lipinski definition) is 6. The van der Waals surface area contributed by atoms with Crippen molar-refractivity contribution in [1.29, 1.82) is 0 Å². The van der Waals surface area contributed by atoms with Gasteiger partial charge in [0.25, 0.3) is 5.91 Å². The van der Waals surface area contributed by atoms with Crippen LogP contribution in [0, 0.1) is 12.7 Å². The maximum atomic E-state index is 13.7. The number of pyridine rings is 2. The molecule has 2 aromatic carbocycles. The lowest BCUT2D eigenvalue weighted by atomic mass is 10.2. The number of carbonyl (C=O) groups excluding carboxylic acids is 1. The lowest BCUT2D eigenvalue weighted by molar-refractivity contribution is 0.102. The molecule has 5 aromatic rings. The van der Waals surface area contributed by atoms with Gasteiger partial charge in [-0.1, -0.05) is 18.2 Å². The van der Waals surface area contributed by atoms with Crippen molar-refractivity contribution in [2.24, 2.45) is 0 Å². The number of nitrogens with zero attached hydrogens (tertiary/aromatic N) is 3. The molecule has 0 spiro atoms. The van der Waals surface area contributed by atoms with Crippen LogP contribution in [0.2, 0.25) is 0 Å². The first kappa shape index (κ1) is 19.1. The lowest BCUT2D eigenvalue weighted by Crippen LogP contribution is -2.14. The summed E-state index contributed by atoms with van der Waals surface area (Å²) >= 11 is 1.15. The summed E-state index contributed by atoms with van der Waals surface area (Å²) in [6.45, 7) is 1.99. The van der Waals surface area contributed by atoms with Crippen LogP contribution in [-0.2, 0) is 0 Å². The number of para-hydroxylation sites is 1. The van der Waals surface area contributed by atoms with Crippen LogP contribution < -0.4 is 10.6 Å². The van der Waals surface area contributed by atoms with Crippen molar-refractivity contribution >= 4 is 55.8 Å². The van der Waals surface area contributed by atoms with E-state index < -0.39 is 11.7 Å². The average molecular weight is 429 g/mol. The van der Waals surface area contributed by atoms with Gasteiger partial charge in [-0.25, -0.2) is 9.37 Å². The second-order valence-electron chi connectivity index (χ2n) is 6.99. The predicted molar refractivity (Wildman–Crippen MR) is 122 cm³/mol. The van der Waals surface area contributed by atoms with Gasteiger partial charge in [0.2, 0.25) is 0 Å². The van der Waals surface area contributed by atoms with Crippen molar-refractivity contribution in [2.75, 3.05) is 10.6 Å². The molecule has 0 bridgehead atoms. The molecule has 0 saturated carbocycles. The fraction of sp³-hybridized carbons (Fsp3) is 0.0435. The number of nitrogens with one attached hydrogen (secondary N) is 2. The normalized spacial score (nSPS) is 11.0. The predicted octanol–water partition coefficient (Wildman–Crippen LogP) is 5.68. The van der Waals surface area contributed by atoms with Crippen molar-refractivity contribution in [2.45, 2.75) is 6.92 Å². The van der Waals surface area contributed by atoms with E-state index in [0.29, 0.717) is 27.9 Å². The minimum atomic E-state index is -0.443. The molecule has 0 aliphatic carbocycles. The number of benzene rings is 2. The zero-order chi connectivity index (χ0) is 21.4. The van der Waals surface area contributed by atoms with E-state index in [0.717, 1.165) is 27.5 Å². The first-order valence-corrected chi connectivity index (χ1v) is 10.3. The molecule has 0 atom stereocenters. The Bertz CT molecular complexity index is 1450. The Hall–Kier alpha value is -3.91. The molecule has 31 heavy (non-hydrogen) atoms. The summed E-state index contributed by atoms with van der Waals surface area (Å²) < 4.78 is 18.7. The molecule has 0 unspecified atom stereocenters. The van der Waals surface area contributed by atoms with Gasteiger partial charge in [0.05, 0.1) is 21.4 Å². The molecule has 5 rings (SSSR count). The Morgan fingerprint density at radius 3 is 2.74 bits per heavy atom. The highest BCUT2D eigenvalue weighted by molar-refractivity contribution is 7.13. The standard InChI is InChI=1S/C23H16FN5OS/c1-13-5-2-3-6-16(13)26-22-19(12-18-17(27-22)7-4-10-25-18)28-23(30)21-15-11-14(24)8-9-20(15)31-29-21/h2-12H,1H3,(H,26,27)(H,28,30). The molecule has 1 amide bonds. The van der Waals surface area contributed by atoms with Crippen LogP contribution in [0.5, 0.6) is 0 Å². The zero-order valence-corrected chi connectivity index (χ0v) is 17.2. The summed E-state index contributed by atoms with van der Waals surface area (Å²) in [5.74, 6) is -0.379. The van der Waals surface area contributed by atoms with Gasteiger partial charge >= 0.3 is 0 Å². The van der Waals surface area contributed by atoms with Crippen molar-refractivity contribution in [3.63, 3.8) is 0 Å². The molecule has 0 radical (unpaired) electrons. The summed E-state index contributed by atoms with van der Waals surface area (Å²) in [6.07, 6.45) is 1.67. The fourth-order valence-electron chi connectivity index (χ4n) is 3.29. The van der Waals surface area contributed by atoms with Gasteiger partial charge in [-0.3, -0.25) is 9.78 Å². The van der Waals surface area contributed by atoms with Crippen LogP contribution in [0.25, 0.3) is 21.1 Å². The number of amides is 1. The SMILES string of the molecule is Cc1ccccc1Nc1nc2cccnc2cc1NC(=O)c1nsc2ccc(F)cc12. The summed E-state index contributed by atoms with van der Waals surface area (Å²) in [6, 6.07) is 17.5. The molecule has 2 N–H and O–H groups in total. The van der Waals surface area contributed by atoms with Crippen molar-refractivity contribution in [1.82, 2.24) is 14.3 Å². The molecular weight excluding hydrogens is 413 g/mol. The minimum Gasteiger partial charge on any atom is -0.338 e. The Morgan fingerprint density at radius 1 is 1.00 bits per heavy atom. The van der Waals surface area contributed by atoms with E-state index in [4.69, 9.17) is 0 Å². The number of carbonyl (C=O) groups is 1. The highest BCUT2D eigenvalue weighted by Crippen LogP contribution is 2.30. The van der Waals surface area contributed by atoms with Crippen LogP contribution in [0.3, 0.4) is 0 Å². The van der Waals surface area contributed by atoms with Gasteiger partial charge in [0.15, 0.2) is 5.82 Å². The maximum absolute atomic E-state index is 13.7. The lowest BCUT2D eigenvalue weighted by Gasteiger charge is -2.14. The van der Waals surface area contributed by atoms with Crippen molar-refractivity contribution in [3.05, 3.63) is 83.9 Å². The minimum absolute atomic E-state index is 0.169. The van der Waals surface area contributed by atoms with E-state index in [1.165, 1.54) is 12.1 Å². The molecule has 0 saturated heterocycles. The number of fused-ring (bicyclic) bond motifs is 2. The van der Waals surface area contributed by atoms with Crippen LogP contribution >= 0.6 is 11.5 Å². The number of halogens is 1. The van der Waals surface area contributed by atoms with Crippen LogP contribution in [-0.4, -0.2) is 20.2 Å². The zero-order valence-electron chi connectivity index (χ0n) is 16.4. The van der Waals surface area contributed by atoms with Crippen molar-refractivity contribution < 1.29 is 9.18 Å². The van der Waals surface area contributed by atoms with E-state index in [2.05, 4.69) is 25.0 Å². The average Bonchev–Trinajstić information content (AvgIpc) is 3.19. The van der Waals surface area contributed by atoms with Gasteiger partial charge in [-0.05, 0) is 66.5 Å². The number of aryl methyl sites for hydroxylation is 1. The van der Waals surface area contributed by atoms with Gasteiger partial charge < -0.3 is 10.6 Å². The van der Waals surface area contributed by atoms with Crippen LogP contribution in [0.15, 0.2) is 66.9 Å². The van der Waals surface area contributed by atoms with Gasteiger partial charge in [-0.15, -0.1) is 0 Å². The number of hydrogen-bond donors (Lipinski definition) is 2. The number of aromatic nitrogens is 3. The fourth-order valence-corrected chi connectivity index (χ4v) is 4.04. The third-order valence-corrected chi connectivity index (χ3v) is 5.70. The second kappa shape index (κ2) is 7.73. The number of anilines is 3. The molecular formula is C23H16FN5OS. The molecule has 0 fully saturated rings. The Balaban J connectivity index is 1.56. The molecule has 0 aliphatic rings. The highest BCUT2D eigenvalue weighted by Gasteiger charge is 2.18. The van der Waals surface area contributed by atoms with Crippen LogP contribution in [0.1, 0.15) is 16.1 Å². The van der Waals surface area contributed by atoms with E-state index in [9.17, 15) is 9.18 Å². The Labute approximate surface area is 181 Å². The van der Waals surface area contributed by atoms with Crippen molar-refractivity contribution in [3.8, 4) is 0 Å². The number of rotatable bonds is 4. The Morgan fingerprint density at radius 2 is 1.87 bits per heavy atom. The quantitative estimate of drug-likeness (QED) is 0.384. The van der Waals surface area contributed by atoms with E-state index >= 15 is 0 Å². The maximum Gasteiger partial charge on any atom is 0.276 e. The summed E-state index contributed by atoms with van der Waals surface area (Å²) in [7, 11) is 0. The first-order chi connectivity index (χ1) is 15.1. The molecule has 152 valence electrons. The molecule has 8 heteroatoms. The molecule has 3 heterocycles. The topological polar surface area (TPSA) is 79.8 Å². The van der Waals surface area contributed by atoms with Crippen LogP contribution in [0.4, 0.5) is 21.6 Å². The van der Waals surface area contributed by atoms with Gasteiger partial charge in [0, 0.05) is 17.3 Å². The smallest absolute Gasteiger partial charge is 0.276 e. The van der Waals surface area contributed by atoms with E-state index in [1.807, 2.05) is 37.3 Å². The highest BCUT2D eigenvalue weighted by atomic mass is 32.1. The monoisotopic (exact) mass is 429 g/mol. The summed E-state index contributed by atoms with van der Waals surface area (Å²) in [5, 5.41) is 6.65. The van der Waals surface area contributed by atoms with Gasteiger partial charge in [-0.2, -0.15) is 4.37 Å². The Kier molecular flexibility index (Phi) is 4.76.